The second kappa shape index (κ2) is 25.6. The topological polar surface area (TPSA) is 102 Å². The van der Waals surface area contributed by atoms with E-state index in [1.165, 1.54) is 18.4 Å². The Morgan fingerprint density at radius 2 is 1.21 bits per heavy atom. The van der Waals surface area contributed by atoms with Gasteiger partial charge >= 0.3 is 0 Å². The summed E-state index contributed by atoms with van der Waals surface area (Å²) in [5.41, 5.74) is 4.71. The van der Waals surface area contributed by atoms with Crippen molar-refractivity contribution < 1.29 is 19.5 Å². The number of aliphatic hydroxyl groups is 1. The zero-order valence-electron chi connectivity index (χ0n) is 44.0. The van der Waals surface area contributed by atoms with Crippen LogP contribution in [0.15, 0.2) is 88.3 Å². The average molecular weight is 917 g/mol. The van der Waals surface area contributed by atoms with Crippen LogP contribution in [0, 0.1) is 35.5 Å². The van der Waals surface area contributed by atoms with Gasteiger partial charge in [-0.25, -0.2) is 4.99 Å². The lowest BCUT2D eigenvalue weighted by Gasteiger charge is -2.35. The molecule has 3 atom stereocenters. The fourth-order valence-corrected chi connectivity index (χ4v) is 8.81. The van der Waals surface area contributed by atoms with Crippen LogP contribution in [0.5, 0.6) is 0 Å². The number of anilines is 3. The lowest BCUT2D eigenvalue weighted by atomic mass is 9.78. The van der Waals surface area contributed by atoms with E-state index in [4.69, 9.17) is 4.99 Å². The normalized spacial score (nSPS) is 17.3. The first-order chi connectivity index (χ1) is 31.9. The molecule has 0 bridgehead atoms. The maximum atomic E-state index is 14.8. The van der Waals surface area contributed by atoms with Crippen molar-refractivity contribution in [2.75, 3.05) is 29.9 Å². The van der Waals surface area contributed by atoms with Crippen LogP contribution in [-0.4, -0.2) is 52.9 Å². The molecule has 2 aliphatic rings. The molecule has 0 saturated carbocycles. The molecule has 2 aliphatic carbocycles. The van der Waals surface area contributed by atoms with Crippen molar-refractivity contribution in [1.29, 1.82) is 0 Å². The molecule has 0 aliphatic heterocycles. The molecular formula is C59H88N4O4. The van der Waals surface area contributed by atoms with Crippen LogP contribution < -0.4 is 10.2 Å². The number of hydrogen-bond donors (Lipinski definition) is 2. The van der Waals surface area contributed by atoms with Crippen molar-refractivity contribution in [3.05, 3.63) is 94.4 Å². The van der Waals surface area contributed by atoms with Gasteiger partial charge < -0.3 is 20.2 Å². The molecule has 3 unspecified atom stereocenters. The first-order valence-electron chi connectivity index (χ1n) is 26.2. The fraction of sp³-hybridized carbons (Fsp3) is 0.593. The molecule has 2 amide bonds. The Morgan fingerprint density at radius 1 is 0.687 bits per heavy atom. The summed E-state index contributed by atoms with van der Waals surface area (Å²) in [5, 5.41) is 15.4. The van der Waals surface area contributed by atoms with Crippen LogP contribution in [0.1, 0.15) is 184 Å². The molecule has 0 spiro atoms. The number of aliphatic imine (C=N–C) groups is 1. The molecule has 8 heteroatoms. The number of hydrogen-bond acceptors (Lipinski definition) is 6. The Bertz CT molecular complexity index is 2130. The number of unbranched alkanes of at least 4 members (excludes halogenated alkanes) is 3. The maximum Gasteiger partial charge on any atom is 0.251 e. The van der Waals surface area contributed by atoms with E-state index in [0.717, 1.165) is 101 Å². The van der Waals surface area contributed by atoms with E-state index in [1.54, 1.807) is 0 Å². The van der Waals surface area contributed by atoms with Gasteiger partial charge in [0.2, 0.25) is 11.7 Å². The van der Waals surface area contributed by atoms with Gasteiger partial charge in [-0.1, -0.05) is 159 Å². The van der Waals surface area contributed by atoms with Gasteiger partial charge in [0, 0.05) is 58.7 Å². The van der Waals surface area contributed by atoms with Crippen molar-refractivity contribution in [3.63, 3.8) is 0 Å². The summed E-state index contributed by atoms with van der Waals surface area (Å²) in [6.07, 6.45) is 20.7. The number of Topliss-reactive ketones (excluding diaryl/α,β-unsaturated/α-hetero) is 1. The van der Waals surface area contributed by atoms with Gasteiger partial charge in [0.25, 0.3) is 5.91 Å². The number of nitrogens with zero attached hydrogens (tertiary/aromatic N) is 3. The average Bonchev–Trinajstić information content (AvgIpc) is 3.32. The second-order valence-corrected chi connectivity index (χ2v) is 20.8. The summed E-state index contributed by atoms with van der Waals surface area (Å²) in [7, 11) is 0. The monoisotopic (exact) mass is 917 g/mol. The smallest absolute Gasteiger partial charge is 0.251 e. The highest BCUT2D eigenvalue weighted by Crippen LogP contribution is 2.44. The SMILES string of the molecule is CCCCC(CC)CN(CC(CC)CCCC)C1=CC(=NC(=O)C(C)(C)CC)/C(=C2/C(=O)C(c3ccc(N(CC(CC)CCCC)c4ccc(C)cc4)cc3NC(=O)C(C)(C)CC)=C2O)C=C1. The summed E-state index contributed by atoms with van der Waals surface area (Å²) < 4.78 is 0. The third kappa shape index (κ3) is 14.2. The first kappa shape index (κ1) is 54.9. The molecule has 2 N–H and O–H groups in total. The van der Waals surface area contributed by atoms with Crippen molar-refractivity contribution in [3.8, 4) is 0 Å². The van der Waals surface area contributed by atoms with Crippen LogP contribution in [-0.2, 0) is 14.4 Å². The van der Waals surface area contributed by atoms with Crippen molar-refractivity contribution in [2.24, 2.45) is 33.6 Å². The maximum absolute atomic E-state index is 14.8. The number of allylic oxidation sites excluding steroid dienone is 6. The highest BCUT2D eigenvalue weighted by atomic mass is 16.3. The summed E-state index contributed by atoms with van der Waals surface area (Å²) in [6.45, 7) is 29.8. The number of carbonyl (C=O) groups excluding carboxylic acids is 3. The van der Waals surface area contributed by atoms with E-state index in [1.807, 2.05) is 78.0 Å². The lowest BCUT2D eigenvalue weighted by Crippen LogP contribution is -2.35. The van der Waals surface area contributed by atoms with Gasteiger partial charge in [0.1, 0.15) is 5.76 Å². The lowest BCUT2D eigenvalue weighted by molar-refractivity contribution is -0.126. The number of amides is 2. The number of benzene rings is 2. The number of rotatable bonds is 27. The van der Waals surface area contributed by atoms with E-state index in [9.17, 15) is 19.5 Å². The zero-order valence-corrected chi connectivity index (χ0v) is 44.0. The highest BCUT2D eigenvalue weighted by molar-refractivity contribution is 6.42. The van der Waals surface area contributed by atoms with Gasteiger partial charge in [-0.3, -0.25) is 14.4 Å². The third-order valence-corrected chi connectivity index (χ3v) is 14.9. The van der Waals surface area contributed by atoms with Crippen LogP contribution in [0.25, 0.3) is 5.57 Å². The number of nitrogens with one attached hydrogen (secondary N) is 1. The second-order valence-electron chi connectivity index (χ2n) is 20.8. The Morgan fingerprint density at radius 3 is 1.70 bits per heavy atom. The van der Waals surface area contributed by atoms with E-state index < -0.39 is 10.8 Å². The Kier molecular flexibility index (Phi) is 21.0. The molecule has 0 aromatic heterocycles. The standard InChI is InChI=1S/C59H88N4O4/c1-14-22-25-42(17-4)38-62(39-43(18-5)26-23-15-2)46-32-34-48(50(36-46)60-56(66)58(10,11)20-7)52-54(64)53(55(52)65)49-35-33-47(37-51(49)61-57(67)59(12,13)21-8)63(40-44(19-6)27-24-16-3)45-30-28-41(9)29-31-45/h28-37,42-44,64H,14-27,38-40H2,1-13H3,(H,61,67)/b52-48+,60-50?. The molecule has 368 valence electrons. The minimum absolute atomic E-state index is 0.135. The van der Waals surface area contributed by atoms with Gasteiger partial charge in [-0.2, -0.15) is 0 Å². The van der Waals surface area contributed by atoms with Crippen molar-refractivity contribution in [1.82, 2.24) is 4.90 Å². The molecule has 0 fully saturated rings. The highest BCUT2D eigenvalue weighted by Gasteiger charge is 2.40. The predicted octanol–water partition coefficient (Wildman–Crippen LogP) is 15.5. The van der Waals surface area contributed by atoms with Crippen LogP contribution in [0.4, 0.5) is 17.1 Å². The minimum Gasteiger partial charge on any atom is -0.506 e. The largest absolute Gasteiger partial charge is 0.506 e. The molecule has 4 rings (SSSR count). The Labute approximate surface area is 406 Å². The van der Waals surface area contributed by atoms with Gasteiger partial charge in [0.05, 0.1) is 22.5 Å². The predicted molar refractivity (Wildman–Crippen MR) is 284 cm³/mol. The molecule has 2 aromatic rings. The molecule has 67 heavy (non-hydrogen) atoms. The van der Waals surface area contributed by atoms with E-state index >= 15 is 0 Å². The van der Waals surface area contributed by atoms with E-state index in [2.05, 4.69) is 87.8 Å². The molecule has 0 radical (unpaired) electrons. The fourth-order valence-electron chi connectivity index (χ4n) is 8.81. The van der Waals surface area contributed by atoms with Gasteiger partial charge in [-0.15, -0.1) is 0 Å². The first-order valence-corrected chi connectivity index (χ1v) is 26.2. The van der Waals surface area contributed by atoms with Crippen molar-refractivity contribution >= 4 is 45.9 Å². The summed E-state index contributed by atoms with van der Waals surface area (Å²) in [6, 6.07) is 14.3. The van der Waals surface area contributed by atoms with E-state index in [-0.39, 0.29) is 34.5 Å². The van der Waals surface area contributed by atoms with Gasteiger partial charge in [-0.05, 0) is 105 Å². The Balaban J connectivity index is 1.93. The summed E-state index contributed by atoms with van der Waals surface area (Å²) in [5.74, 6) is 0.536. The quantitative estimate of drug-likeness (QED) is 0.0866. The molecular weight excluding hydrogens is 829 g/mol. The van der Waals surface area contributed by atoms with Crippen LogP contribution >= 0.6 is 0 Å². The number of aliphatic hydroxyl groups excluding tert-OH is 1. The van der Waals surface area contributed by atoms with Crippen LogP contribution in [0.2, 0.25) is 0 Å². The van der Waals surface area contributed by atoms with Gasteiger partial charge in [0.15, 0.2) is 0 Å². The molecule has 0 heterocycles. The van der Waals surface area contributed by atoms with E-state index in [0.29, 0.717) is 53.1 Å². The molecule has 2 aromatic carbocycles. The Hall–Kier alpha value is -4.72. The number of carbonyl (C=O) groups is 3. The third-order valence-electron chi connectivity index (χ3n) is 14.9. The summed E-state index contributed by atoms with van der Waals surface area (Å²) >= 11 is 0. The number of ketones is 1. The zero-order chi connectivity index (χ0) is 49.5. The number of aryl methyl sites for hydroxylation is 1. The molecule has 8 nitrogen and oxygen atoms in total. The van der Waals surface area contributed by atoms with Crippen molar-refractivity contribution in [2.45, 2.75) is 180 Å². The summed E-state index contributed by atoms with van der Waals surface area (Å²) in [4.78, 5) is 52.3. The minimum atomic E-state index is -0.716. The molecule has 0 saturated heterocycles. The van der Waals surface area contributed by atoms with Crippen LogP contribution in [0.3, 0.4) is 0 Å².